The Morgan fingerprint density at radius 3 is 2.75 bits per heavy atom. The van der Waals surface area contributed by atoms with E-state index in [4.69, 9.17) is 0 Å². The normalized spacial score (nSPS) is 34.0. The van der Waals surface area contributed by atoms with Crippen LogP contribution in [0, 0.1) is 11.3 Å². The fourth-order valence-corrected chi connectivity index (χ4v) is 4.26. The minimum absolute atomic E-state index is 0.335. The van der Waals surface area contributed by atoms with Gasteiger partial charge < -0.3 is 15.1 Å². The summed E-state index contributed by atoms with van der Waals surface area (Å²) in [5, 5.41) is 3.42. The largest absolute Gasteiger partial charge is 0.338 e. The van der Waals surface area contributed by atoms with Crippen LogP contribution < -0.4 is 5.32 Å². The molecule has 0 aromatic carbocycles. The lowest BCUT2D eigenvalue weighted by Crippen LogP contribution is -2.45. The first kappa shape index (κ1) is 14.3. The smallest absolute Gasteiger partial charge is 0.226 e. The average molecular weight is 279 g/mol. The fraction of sp³-hybridized carbons (Fsp3) is 0.938. The van der Waals surface area contributed by atoms with Crippen molar-refractivity contribution in [1.29, 1.82) is 0 Å². The molecule has 1 saturated carbocycles. The molecule has 1 N–H and O–H groups in total. The SMILES string of the molecule is CCC1CN(C)CCCN1C(=O)C1CC12CCNCC2. The van der Waals surface area contributed by atoms with Gasteiger partial charge in [0.15, 0.2) is 0 Å². The van der Waals surface area contributed by atoms with Gasteiger partial charge in [-0.05, 0) is 64.2 Å². The average Bonchev–Trinajstić information content (AvgIpc) is 3.18. The summed E-state index contributed by atoms with van der Waals surface area (Å²) in [4.78, 5) is 17.6. The fourth-order valence-electron chi connectivity index (χ4n) is 4.26. The first-order valence-corrected chi connectivity index (χ1v) is 8.36. The lowest BCUT2D eigenvalue weighted by Gasteiger charge is -2.32. The van der Waals surface area contributed by atoms with Gasteiger partial charge in [0.05, 0.1) is 0 Å². The molecule has 4 heteroatoms. The van der Waals surface area contributed by atoms with Crippen molar-refractivity contribution < 1.29 is 4.79 Å². The van der Waals surface area contributed by atoms with Gasteiger partial charge in [-0.3, -0.25) is 4.79 Å². The molecule has 1 spiro atoms. The second kappa shape index (κ2) is 5.64. The van der Waals surface area contributed by atoms with Crippen molar-refractivity contribution in [3.8, 4) is 0 Å². The number of nitrogens with one attached hydrogen (secondary N) is 1. The van der Waals surface area contributed by atoms with Crippen molar-refractivity contribution in [3.63, 3.8) is 0 Å². The van der Waals surface area contributed by atoms with Gasteiger partial charge in [0.1, 0.15) is 0 Å². The van der Waals surface area contributed by atoms with Gasteiger partial charge in [-0.1, -0.05) is 6.92 Å². The number of hydrogen-bond acceptors (Lipinski definition) is 3. The second-order valence-electron chi connectivity index (χ2n) is 7.08. The number of piperidine rings is 1. The van der Waals surface area contributed by atoms with Crippen LogP contribution in [0.25, 0.3) is 0 Å². The molecule has 2 saturated heterocycles. The Morgan fingerprint density at radius 2 is 2.05 bits per heavy atom. The van der Waals surface area contributed by atoms with Crippen LogP contribution in [0.15, 0.2) is 0 Å². The van der Waals surface area contributed by atoms with Crippen LogP contribution in [-0.2, 0) is 4.79 Å². The number of likely N-dealkylation sites (N-methyl/N-ethyl adjacent to an activating group) is 1. The maximum Gasteiger partial charge on any atom is 0.226 e. The maximum atomic E-state index is 12.9. The summed E-state index contributed by atoms with van der Waals surface area (Å²) in [5.41, 5.74) is 0.374. The van der Waals surface area contributed by atoms with Crippen LogP contribution in [0.1, 0.15) is 39.0 Å². The van der Waals surface area contributed by atoms with Gasteiger partial charge >= 0.3 is 0 Å². The zero-order valence-electron chi connectivity index (χ0n) is 13.0. The summed E-state index contributed by atoms with van der Waals surface area (Å²) in [7, 11) is 2.18. The predicted molar refractivity (Wildman–Crippen MR) is 80.5 cm³/mol. The lowest BCUT2D eigenvalue weighted by molar-refractivity contribution is -0.136. The molecule has 2 heterocycles. The molecular formula is C16H29N3O. The van der Waals surface area contributed by atoms with Crippen LogP contribution in [0.3, 0.4) is 0 Å². The minimum atomic E-state index is 0.335. The number of rotatable bonds is 2. The van der Waals surface area contributed by atoms with E-state index in [9.17, 15) is 4.79 Å². The third-order valence-electron chi connectivity index (χ3n) is 5.74. The number of amides is 1. The van der Waals surface area contributed by atoms with Crippen molar-refractivity contribution in [1.82, 2.24) is 15.1 Å². The van der Waals surface area contributed by atoms with E-state index in [1.807, 2.05) is 0 Å². The molecule has 1 aliphatic carbocycles. The summed E-state index contributed by atoms with van der Waals surface area (Å²) in [6.07, 6.45) is 5.76. The second-order valence-corrected chi connectivity index (χ2v) is 7.08. The van der Waals surface area contributed by atoms with Gasteiger partial charge in [0, 0.05) is 25.0 Å². The third-order valence-corrected chi connectivity index (χ3v) is 5.74. The highest BCUT2D eigenvalue weighted by Crippen LogP contribution is 2.59. The summed E-state index contributed by atoms with van der Waals surface area (Å²) in [6.45, 7) is 7.56. The monoisotopic (exact) mass is 279 g/mol. The van der Waals surface area contributed by atoms with Crippen molar-refractivity contribution in [3.05, 3.63) is 0 Å². The van der Waals surface area contributed by atoms with Crippen molar-refractivity contribution >= 4 is 5.91 Å². The molecule has 4 nitrogen and oxygen atoms in total. The molecule has 0 radical (unpaired) electrons. The molecule has 2 unspecified atom stereocenters. The minimum Gasteiger partial charge on any atom is -0.338 e. The zero-order chi connectivity index (χ0) is 14.2. The Morgan fingerprint density at radius 1 is 1.30 bits per heavy atom. The molecule has 2 aliphatic heterocycles. The molecular weight excluding hydrogens is 250 g/mol. The topological polar surface area (TPSA) is 35.6 Å². The van der Waals surface area contributed by atoms with Gasteiger partial charge in [-0.2, -0.15) is 0 Å². The molecule has 1 amide bonds. The quantitative estimate of drug-likeness (QED) is 0.828. The van der Waals surface area contributed by atoms with E-state index in [1.54, 1.807) is 0 Å². The van der Waals surface area contributed by atoms with E-state index >= 15 is 0 Å². The molecule has 0 bridgehead atoms. The van der Waals surface area contributed by atoms with E-state index < -0.39 is 0 Å². The molecule has 114 valence electrons. The summed E-state index contributed by atoms with van der Waals surface area (Å²) >= 11 is 0. The Kier molecular flexibility index (Phi) is 4.04. The van der Waals surface area contributed by atoms with Crippen LogP contribution in [0.2, 0.25) is 0 Å². The van der Waals surface area contributed by atoms with E-state index in [1.165, 1.54) is 12.8 Å². The van der Waals surface area contributed by atoms with Crippen LogP contribution >= 0.6 is 0 Å². The predicted octanol–water partition coefficient (Wildman–Crippen LogP) is 1.32. The standard InChI is InChI=1S/C16H29N3O/c1-3-13-12-18(2)9-4-10-19(13)15(20)14-11-16(14)5-7-17-8-6-16/h13-14,17H,3-12H2,1-2H3. The molecule has 3 fully saturated rings. The Hall–Kier alpha value is -0.610. The van der Waals surface area contributed by atoms with E-state index in [2.05, 4.69) is 29.1 Å². The molecule has 2 atom stereocenters. The van der Waals surface area contributed by atoms with Crippen LogP contribution in [0.4, 0.5) is 0 Å². The zero-order valence-corrected chi connectivity index (χ0v) is 13.0. The number of hydrogen-bond donors (Lipinski definition) is 1. The van der Waals surface area contributed by atoms with Crippen LogP contribution in [-0.4, -0.2) is 61.5 Å². The van der Waals surface area contributed by atoms with Crippen molar-refractivity contribution in [2.24, 2.45) is 11.3 Å². The highest BCUT2D eigenvalue weighted by atomic mass is 16.2. The van der Waals surface area contributed by atoms with Gasteiger partial charge in [-0.25, -0.2) is 0 Å². The summed E-state index contributed by atoms with van der Waals surface area (Å²) < 4.78 is 0. The lowest BCUT2D eigenvalue weighted by atomic mass is 9.91. The van der Waals surface area contributed by atoms with Gasteiger partial charge in [0.25, 0.3) is 0 Å². The molecule has 3 rings (SSSR count). The number of carbonyl (C=O) groups is 1. The highest BCUT2D eigenvalue weighted by Gasteiger charge is 2.58. The first-order chi connectivity index (χ1) is 9.66. The molecule has 0 aromatic heterocycles. The Labute approximate surface area is 122 Å². The molecule has 20 heavy (non-hydrogen) atoms. The summed E-state index contributed by atoms with van der Waals surface area (Å²) in [5.74, 6) is 0.802. The third kappa shape index (κ3) is 2.60. The van der Waals surface area contributed by atoms with Gasteiger partial charge in [-0.15, -0.1) is 0 Å². The molecule has 0 aromatic rings. The van der Waals surface area contributed by atoms with Crippen molar-refractivity contribution in [2.45, 2.75) is 45.1 Å². The van der Waals surface area contributed by atoms with Crippen LogP contribution in [0.5, 0.6) is 0 Å². The number of carbonyl (C=O) groups excluding carboxylic acids is 1. The number of nitrogens with zero attached hydrogens (tertiary/aromatic N) is 2. The van der Waals surface area contributed by atoms with Gasteiger partial charge in [0.2, 0.25) is 5.91 Å². The highest BCUT2D eigenvalue weighted by molar-refractivity contribution is 5.83. The van der Waals surface area contributed by atoms with E-state index in [0.29, 0.717) is 23.3 Å². The molecule has 3 aliphatic rings. The van der Waals surface area contributed by atoms with E-state index in [-0.39, 0.29) is 0 Å². The van der Waals surface area contributed by atoms with Crippen molar-refractivity contribution in [2.75, 3.05) is 39.8 Å². The maximum absolute atomic E-state index is 12.9. The first-order valence-electron chi connectivity index (χ1n) is 8.36. The summed E-state index contributed by atoms with van der Waals surface area (Å²) in [6, 6.07) is 0.425. The Bertz CT molecular complexity index is 365. The Balaban J connectivity index is 1.66. The van der Waals surface area contributed by atoms with E-state index in [0.717, 1.165) is 52.0 Å².